The van der Waals surface area contributed by atoms with Crippen LogP contribution in [0.15, 0.2) is 12.1 Å². The van der Waals surface area contributed by atoms with Gasteiger partial charge in [-0.05, 0) is 25.0 Å². The lowest BCUT2D eigenvalue weighted by Crippen LogP contribution is -2.50. The molecule has 1 aliphatic rings. The average Bonchev–Trinajstić information content (AvgIpc) is 2.51. The first-order valence-electron chi connectivity index (χ1n) is 7.01. The molecule has 0 aromatic heterocycles. The molecule has 0 aliphatic carbocycles. The van der Waals surface area contributed by atoms with E-state index in [0.29, 0.717) is 4.90 Å². The van der Waals surface area contributed by atoms with Crippen LogP contribution in [0.5, 0.6) is 17.2 Å². The van der Waals surface area contributed by atoms with Crippen LogP contribution in [-0.2, 0) is 4.79 Å². The molecule has 1 aliphatic heterocycles. The van der Waals surface area contributed by atoms with E-state index in [4.69, 9.17) is 0 Å². The predicted molar refractivity (Wildman–Crippen MR) is 74.6 cm³/mol. The summed E-state index contributed by atoms with van der Waals surface area (Å²) in [6.45, 7) is -0.287. The van der Waals surface area contributed by atoms with Crippen molar-refractivity contribution in [2.75, 3.05) is 13.1 Å². The molecule has 24 heavy (non-hydrogen) atoms. The van der Waals surface area contributed by atoms with Crippen LogP contribution in [-0.4, -0.2) is 57.3 Å². The number of halogens is 3. The smallest absolute Gasteiger partial charge is 0.471 e. The number of likely N-dealkylation sites (tertiary alicyclic amines) is 1. The Kier molecular flexibility index (Phi) is 4.76. The number of carbonyl (C=O) groups excluding carboxylic acids is 2. The molecule has 0 saturated carbocycles. The SMILES string of the molecule is O=C(NC1CCN(C(=O)C(F)(F)F)CC1)c1cc(O)c(O)c(O)c1. The Morgan fingerprint density at radius 3 is 2.04 bits per heavy atom. The number of rotatable bonds is 2. The molecule has 0 spiro atoms. The molecule has 1 fully saturated rings. The molecule has 1 saturated heterocycles. The van der Waals surface area contributed by atoms with Gasteiger partial charge in [-0.2, -0.15) is 13.2 Å². The van der Waals surface area contributed by atoms with Crippen molar-refractivity contribution in [3.05, 3.63) is 17.7 Å². The lowest BCUT2D eigenvalue weighted by molar-refractivity contribution is -0.186. The van der Waals surface area contributed by atoms with Crippen molar-refractivity contribution in [2.24, 2.45) is 0 Å². The number of phenolic OH excluding ortho intramolecular Hbond substituents is 3. The fourth-order valence-electron chi connectivity index (χ4n) is 2.41. The lowest BCUT2D eigenvalue weighted by Gasteiger charge is -2.32. The first-order chi connectivity index (χ1) is 11.1. The Labute approximate surface area is 134 Å². The first-order valence-corrected chi connectivity index (χ1v) is 7.01. The van der Waals surface area contributed by atoms with Gasteiger partial charge in [0.05, 0.1) is 0 Å². The second kappa shape index (κ2) is 6.46. The van der Waals surface area contributed by atoms with Gasteiger partial charge in [-0.3, -0.25) is 9.59 Å². The van der Waals surface area contributed by atoms with E-state index >= 15 is 0 Å². The van der Waals surface area contributed by atoms with E-state index in [9.17, 15) is 38.1 Å². The maximum absolute atomic E-state index is 12.3. The van der Waals surface area contributed by atoms with Crippen LogP contribution in [0.3, 0.4) is 0 Å². The zero-order chi connectivity index (χ0) is 18.1. The number of piperidine rings is 1. The Balaban J connectivity index is 1.94. The second-order valence-corrected chi connectivity index (χ2v) is 5.40. The van der Waals surface area contributed by atoms with E-state index in [1.807, 2.05) is 0 Å². The molecule has 0 bridgehead atoms. The average molecular weight is 348 g/mol. The van der Waals surface area contributed by atoms with Crippen LogP contribution in [0.2, 0.25) is 0 Å². The van der Waals surface area contributed by atoms with E-state index < -0.39 is 41.3 Å². The number of hydrogen-bond donors (Lipinski definition) is 4. The van der Waals surface area contributed by atoms with Gasteiger partial charge in [0.25, 0.3) is 5.91 Å². The van der Waals surface area contributed by atoms with Crippen LogP contribution in [0.1, 0.15) is 23.2 Å². The molecule has 0 radical (unpaired) electrons. The first kappa shape index (κ1) is 17.7. The highest BCUT2D eigenvalue weighted by Crippen LogP contribution is 2.35. The van der Waals surface area contributed by atoms with Crippen LogP contribution in [0.25, 0.3) is 0 Å². The van der Waals surface area contributed by atoms with E-state index in [-0.39, 0.29) is 31.5 Å². The maximum Gasteiger partial charge on any atom is 0.471 e. The summed E-state index contributed by atoms with van der Waals surface area (Å²) in [5.41, 5.74) is -0.114. The quantitative estimate of drug-likeness (QED) is 0.598. The maximum atomic E-state index is 12.3. The molecular formula is C14H15F3N2O5. The number of nitrogens with zero attached hydrogens (tertiary/aromatic N) is 1. The van der Waals surface area contributed by atoms with Crippen LogP contribution < -0.4 is 5.32 Å². The van der Waals surface area contributed by atoms with E-state index in [1.165, 1.54) is 0 Å². The molecule has 4 N–H and O–H groups in total. The van der Waals surface area contributed by atoms with Gasteiger partial charge in [-0.15, -0.1) is 0 Å². The molecule has 0 atom stereocenters. The zero-order valence-corrected chi connectivity index (χ0v) is 12.3. The summed E-state index contributed by atoms with van der Waals surface area (Å²) in [7, 11) is 0. The molecule has 2 rings (SSSR count). The fourth-order valence-corrected chi connectivity index (χ4v) is 2.41. The molecule has 1 aromatic rings. The minimum Gasteiger partial charge on any atom is -0.504 e. The number of amides is 2. The van der Waals surface area contributed by atoms with E-state index in [1.54, 1.807) is 0 Å². The Morgan fingerprint density at radius 1 is 1.08 bits per heavy atom. The third-order valence-electron chi connectivity index (χ3n) is 3.69. The number of benzene rings is 1. The Morgan fingerprint density at radius 2 is 1.58 bits per heavy atom. The van der Waals surface area contributed by atoms with Gasteiger partial charge in [-0.1, -0.05) is 0 Å². The summed E-state index contributed by atoms with van der Waals surface area (Å²) in [5.74, 6) is -4.68. The molecule has 10 heteroatoms. The number of nitrogens with one attached hydrogen (secondary N) is 1. The number of hydrogen-bond acceptors (Lipinski definition) is 5. The number of aromatic hydroxyl groups is 3. The highest BCUT2D eigenvalue weighted by Gasteiger charge is 2.43. The summed E-state index contributed by atoms with van der Waals surface area (Å²) in [4.78, 5) is 23.8. The normalized spacial score (nSPS) is 16.0. The Hall–Kier alpha value is -2.65. The highest BCUT2D eigenvalue weighted by atomic mass is 19.4. The Bertz CT molecular complexity index is 631. The van der Waals surface area contributed by atoms with Crippen LogP contribution in [0, 0.1) is 0 Å². The molecule has 132 valence electrons. The summed E-state index contributed by atoms with van der Waals surface area (Å²) < 4.78 is 37.0. The van der Waals surface area contributed by atoms with Crippen LogP contribution in [0.4, 0.5) is 13.2 Å². The van der Waals surface area contributed by atoms with Crippen molar-refractivity contribution >= 4 is 11.8 Å². The zero-order valence-electron chi connectivity index (χ0n) is 12.3. The van der Waals surface area contributed by atoms with Gasteiger partial charge in [0.1, 0.15) is 0 Å². The molecular weight excluding hydrogens is 333 g/mol. The van der Waals surface area contributed by atoms with Gasteiger partial charge >= 0.3 is 12.1 Å². The topological polar surface area (TPSA) is 110 Å². The van der Waals surface area contributed by atoms with Gasteiger partial charge < -0.3 is 25.5 Å². The van der Waals surface area contributed by atoms with Crippen molar-refractivity contribution < 1.29 is 38.1 Å². The third-order valence-corrected chi connectivity index (χ3v) is 3.69. The van der Waals surface area contributed by atoms with Crippen molar-refractivity contribution in [1.29, 1.82) is 0 Å². The monoisotopic (exact) mass is 348 g/mol. The van der Waals surface area contributed by atoms with Crippen molar-refractivity contribution in [3.63, 3.8) is 0 Å². The molecule has 7 nitrogen and oxygen atoms in total. The summed E-state index contributed by atoms with van der Waals surface area (Å²) in [6.07, 6.45) is -4.63. The van der Waals surface area contributed by atoms with Crippen molar-refractivity contribution in [2.45, 2.75) is 25.1 Å². The van der Waals surface area contributed by atoms with E-state index in [0.717, 1.165) is 12.1 Å². The van der Waals surface area contributed by atoms with E-state index in [2.05, 4.69) is 5.32 Å². The second-order valence-electron chi connectivity index (χ2n) is 5.40. The van der Waals surface area contributed by atoms with Gasteiger partial charge in [-0.25, -0.2) is 0 Å². The molecule has 1 aromatic carbocycles. The van der Waals surface area contributed by atoms with Gasteiger partial charge in [0, 0.05) is 24.7 Å². The van der Waals surface area contributed by atoms with Gasteiger partial charge in [0.2, 0.25) is 0 Å². The number of carbonyl (C=O) groups is 2. The molecule has 0 unspecified atom stereocenters. The van der Waals surface area contributed by atoms with Gasteiger partial charge in [0.15, 0.2) is 17.2 Å². The van der Waals surface area contributed by atoms with Crippen molar-refractivity contribution in [1.82, 2.24) is 10.2 Å². The predicted octanol–water partition coefficient (Wildman–Crippen LogP) is 1.09. The molecule has 2 amide bonds. The summed E-state index contributed by atoms with van der Waals surface area (Å²) in [5, 5.41) is 30.5. The number of alkyl halides is 3. The minimum absolute atomic E-state index is 0.114. The highest BCUT2D eigenvalue weighted by molar-refractivity contribution is 5.95. The fraction of sp³-hybridized carbons (Fsp3) is 0.429. The lowest BCUT2D eigenvalue weighted by atomic mass is 10.0. The minimum atomic E-state index is -4.92. The molecule has 1 heterocycles. The number of phenols is 3. The largest absolute Gasteiger partial charge is 0.504 e. The summed E-state index contributed by atoms with van der Waals surface area (Å²) >= 11 is 0. The van der Waals surface area contributed by atoms with Crippen LogP contribution >= 0.6 is 0 Å². The summed E-state index contributed by atoms with van der Waals surface area (Å²) in [6, 6.07) is 1.45. The van der Waals surface area contributed by atoms with Crippen molar-refractivity contribution in [3.8, 4) is 17.2 Å². The standard InChI is InChI=1S/C14H15F3N2O5/c15-14(16,17)13(24)19-3-1-8(2-4-19)18-12(23)7-5-9(20)11(22)10(21)6-7/h5-6,8,20-22H,1-4H2,(H,18,23). The third kappa shape index (κ3) is 3.81.